The molecule has 344 valence electrons. The molecule has 59 heavy (non-hydrogen) atoms. The third-order valence-electron chi connectivity index (χ3n) is 11.7. The smallest absolute Gasteiger partial charge is 0.241 e. The number of nitrogens with zero attached hydrogens (tertiary/aromatic N) is 4. The number of amides is 2. The minimum atomic E-state index is -0.102. The molecular weight excluding hydrogens is 737 g/mol. The summed E-state index contributed by atoms with van der Waals surface area (Å²) in [6.07, 6.45) is 34.6. The summed E-state index contributed by atoms with van der Waals surface area (Å²) >= 11 is 0. The lowest BCUT2D eigenvalue weighted by molar-refractivity contribution is -0.132. The SMILES string of the molecule is CCCCCCCCCCCCCCN(CCCCCCCCCCCCCC)C(=O)CNC(=O)CNCCCN(CCCNC1=NCCN1)CCCNC1=NCCN1. The normalized spacial score (nSPS) is 13.6. The molecule has 0 aromatic rings. The highest BCUT2D eigenvalue weighted by Crippen LogP contribution is 2.14. The van der Waals surface area contributed by atoms with E-state index in [1.807, 2.05) is 4.90 Å². The van der Waals surface area contributed by atoms with Crippen molar-refractivity contribution in [1.29, 1.82) is 0 Å². The Kier molecular flexibility index (Phi) is 35.2. The monoisotopic (exact) mass is 831 g/mol. The number of guanidine groups is 2. The quantitative estimate of drug-likeness (QED) is 0.0349. The van der Waals surface area contributed by atoms with Gasteiger partial charge in [0.15, 0.2) is 11.9 Å². The molecule has 2 aliphatic heterocycles. The summed E-state index contributed by atoms with van der Waals surface area (Å²) in [5, 5.41) is 19.6. The largest absolute Gasteiger partial charge is 0.356 e. The van der Waals surface area contributed by atoms with Gasteiger partial charge >= 0.3 is 0 Å². The van der Waals surface area contributed by atoms with Gasteiger partial charge < -0.3 is 41.7 Å². The zero-order chi connectivity index (χ0) is 42.1. The fraction of sp³-hybridized carbons (Fsp3) is 0.915. The fourth-order valence-corrected chi connectivity index (χ4v) is 8.01. The maximum atomic E-state index is 13.4. The number of unbranched alkanes of at least 4 members (excludes halogenated alkanes) is 22. The molecule has 2 rings (SSSR count). The van der Waals surface area contributed by atoms with Crippen LogP contribution in [0.3, 0.4) is 0 Å². The van der Waals surface area contributed by atoms with E-state index in [2.05, 4.69) is 60.6 Å². The van der Waals surface area contributed by atoms with Crippen molar-refractivity contribution in [1.82, 2.24) is 41.7 Å². The Morgan fingerprint density at radius 2 is 0.881 bits per heavy atom. The van der Waals surface area contributed by atoms with Crippen LogP contribution in [-0.4, -0.2) is 125 Å². The van der Waals surface area contributed by atoms with Gasteiger partial charge in [-0.2, -0.15) is 0 Å². The number of hydrogen-bond acceptors (Lipinski definition) is 10. The van der Waals surface area contributed by atoms with Crippen molar-refractivity contribution in [3.63, 3.8) is 0 Å². The molecule has 6 N–H and O–H groups in total. The Morgan fingerprint density at radius 3 is 1.27 bits per heavy atom. The van der Waals surface area contributed by atoms with Crippen molar-refractivity contribution >= 4 is 23.7 Å². The van der Waals surface area contributed by atoms with E-state index in [1.165, 1.54) is 141 Å². The van der Waals surface area contributed by atoms with Gasteiger partial charge in [0.1, 0.15) is 0 Å². The van der Waals surface area contributed by atoms with E-state index >= 15 is 0 Å². The molecule has 0 saturated carbocycles. The molecule has 0 radical (unpaired) electrons. The van der Waals surface area contributed by atoms with Gasteiger partial charge in [0, 0.05) is 39.3 Å². The second-order valence-electron chi connectivity index (χ2n) is 17.2. The Labute approximate surface area is 362 Å². The first-order valence-corrected chi connectivity index (χ1v) is 25.1. The number of aliphatic imine (C=N–C) groups is 2. The lowest BCUT2D eigenvalue weighted by Gasteiger charge is -2.23. The summed E-state index contributed by atoms with van der Waals surface area (Å²) in [5.41, 5.74) is 0. The first-order valence-electron chi connectivity index (χ1n) is 25.1. The molecule has 0 aliphatic carbocycles. The second kappa shape index (κ2) is 39.5. The van der Waals surface area contributed by atoms with E-state index < -0.39 is 0 Å². The lowest BCUT2D eigenvalue weighted by Crippen LogP contribution is -2.43. The molecule has 0 aromatic heterocycles. The highest BCUT2D eigenvalue weighted by Gasteiger charge is 2.15. The Balaban J connectivity index is 1.64. The summed E-state index contributed by atoms with van der Waals surface area (Å²) in [7, 11) is 0. The third kappa shape index (κ3) is 31.9. The van der Waals surface area contributed by atoms with Gasteiger partial charge in [0.2, 0.25) is 11.8 Å². The Hall–Kier alpha value is -2.60. The predicted molar refractivity (Wildman–Crippen MR) is 252 cm³/mol. The zero-order valence-corrected chi connectivity index (χ0v) is 38.6. The van der Waals surface area contributed by atoms with Crippen molar-refractivity contribution in [2.45, 2.75) is 187 Å². The molecule has 0 bridgehead atoms. The highest BCUT2D eigenvalue weighted by atomic mass is 16.2. The van der Waals surface area contributed by atoms with E-state index in [-0.39, 0.29) is 24.9 Å². The lowest BCUT2D eigenvalue weighted by atomic mass is 10.0. The maximum Gasteiger partial charge on any atom is 0.241 e. The van der Waals surface area contributed by atoms with Gasteiger partial charge in [-0.1, -0.05) is 155 Å². The van der Waals surface area contributed by atoms with E-state index in [4.69, 9.17) is 0 Å². The molecule has 2 aliphatic rings. The average molecular weight is 831 g/mol. The molecule has 2 amide bonds. The van der Waals surface area contributed by atoms with Crippen molar-refractivity contribution in [3.05, 3.63) is 0 Å². The fourth-order valence-electron chi connectivity index (χ4n) is 8.01. The van der Waals surface area contributed by atoms with Crippen LogP contribution in [0.1, 0.15) is 187 Å². The Bertz CT molecular complexity index is 998. The number of nitrogens with one attached hydrogen (secondary N) is 6. The predicted octanol–water partition coefficient (Wildman–Crippen LogP) is 7.49. The van der Waals surface area contributed by atoms with Crippen LogP contribution in [0.25, 0.3) is 0 Å². The van der Waals surface area contributed by atoms with Crippen LogP contribution in [0.2, 0.25) is 0 Å². The van der Waals surface area contributed by atoms with Crippen LogP contribution in [0.5, 0.6) is 0 Å². The zero-order valence-electron chi connectivity index (χ0n) is 38.6. The summed E-state index contributed by atoms with van der Waals surface area (Å²) in [5.74, 6) is 1.80. The molecule has 12 heteroatoms. The highest BCUT2D eigenvalue weighted by molar-refractivity contribution is 5.85. The molecule has 0 spiro atoms. The van der Waals surface area contributed by atoms with Crippen LogP contribution in [0.15, 0.2) is 9.98 Å². The number of carbonyl (C=O) groups is 2. The molecule has 0 unspecified atom stereocenters. The van der Waals surface area contributed by atoms with Crippen LogP contribution >= 0.6 is 0 Å². The molecule has 2 heterocycles. The topological polar surface area (TPSA) is 138 Å². The van der Waals surface area contributed by atoms with Crippen LogP contribution in [0, 0.1) is 0 Å². The Morgan fingerprint density at radius 1 is 0.492 bits per heavy atom. The van der Waals surface area contributed by atoms with E-state index in [1.54, 1.807) is 0 Å². The minimum Gasteiger partial charge on any atom is -0.356 e. The van der Waals surface area contributed by atoms with Crippen molar-refractivity contribution in [3.8, 4) is 0 Å². The second-order valence-corrected chi connectivity index (χ2v) is 17.2. The van der Waals surface area contributed by atoms with Crippen molar-refractivity contribution < 1.29 is 9.59 Å². The van der Waals surface area contributed by atoms with Crippen molar-refractivity contribution in [2.75, 3.05) is 91.6 Å². The first kappa shape index (κ1) is 52.5. The van der Waals surface area contributed by atoms with E-state index in [0.717, 1.165) is 123 Å². The van der Waals surface area contributed by atoms with Gasteiger partial charge in [-0.3, -0.25) is 19.6 Å². The van der Waals surface area contributed by atoms with Gasteiger partial charge in [0.05, 0.1) is 26.2 Å². The number of carbonyl (C=O) groups excluding carboxylic acids is 2. The van der Waals surface area contributed by atoms with Gasteiger partial charge in [-0.15, -0.1) is 0 Å². The molecule has 0 aromatic carbocycles. The average Bonchev–Trinajstić information content (AvgIpc) is 3.98. The summed E-state index contributed by atoms with van der Waals surface area (Å²) < 4.78 is 0. The minimum absolute atomic E-state index is 0.0655. The molecule has 0 atom stereocenters. The summed E-state index contributed by atoms with van der Waals surface area (Å²) in [6, 6.07) is 0. The third-order valence-corrected chi connectivity index (χ3v) is 11.7. The standard InChI is InChI=1S/C47H94N10O2/c1-3-5-7-9-11-13-15-17-19-21-23-25-40-57(41-26-24-22-20-18-16-14-12-10-8-6-4-2)45(59)43-55-44(58)42-48-30-27-37-56(38-28-31-49-46-51-33-34-52-46)39-29-32-50-47-53-35-36-54-47/h48H,3-43H2,1-2H3,(H,55,58)(H2,49,51,52)(H2,50,53,54). The van der Waals surface area contributed by atoms with Gasteiger partial charge in [0.25, 0.3) is 0 Å². The summed E-state index contributed by atoms with van der Waals surface area (Å²) in [4.78, 5) is 39.6. The molecule has 0 fully saturated rings. The van der Waals surface area contributed by atoms with Crippen LogP contribution in [0.4, 0.5) is 0 Å². The van der Waals surface area contributed by atoms with Crippen LogP contribution < -0.4 is 31.9 Å². The molecule has 0 saturated heterocycles. The number of hydrogen-bond donors (Lipinski definition) is 6. The van der Waals surface area contributed by atoms with Crippen molar-refractivity contribution in [2.24, 2.45) is 9.98 Å². The first-order chi connectivity index (χ1) is 29.1. The summed E-state index contributed by atoms with van der Waals surface area (Å²) in [6.45, 7) is 15.6. The van der Waals surface area contributed by atoms with E-state index in [9.17, 15) is 9.59 Å². The van der Waals surface area contributed by atoms with E-state index in [0.29, 0.717) is 0 Å². The van der Waals surface area contributed by atoms with Gasteiger partial charge in [-0.05, 0) is 58.3 Å². The van der Waals surface area contributed by atoms with Crippen LogP contribution in [-0.2, 0) is 9.59 Å². The maximum absolute atomic E-state index is 13.4. The number of rotatable bonds is 42. The molecule has 12 nitrogen and oxygen atoms in total. The molecular formula is C47H94N10O2. The van der Waals surface area contributed by atoms with Gasteiger partial charge in [-0.25, -0.2) is 0 Å².